The molecule has 0 atom stereocenters. The fraction of sp³-hybridized carbons (Fsp3) is 0.929. The standard InChI is InChI=1S/C14H23NO3/c16-1-2-18-13(17)15-9-14-6-10-3-11(7-14)5-12(4-10)8-14/h10-12,16H,1-9H2,(H,15,17). The third-order valence-corrected chi connectivity index (χ3v) is 5.10. The molecular formula is C14H23NO3. The van der Waals surface area contributed by atoms with E-state index in [1.165, 1.54) is 38.5 Å². The van der Waals surface area contributed by atoms with E-state index in [2.05, 4.69) is 5.32 Å². The molecule has 0 aromatic carbocycles. The predicted molar refractivity (Wildman–Crippen MR) is 67.0 cm³/mol. The summed E-state index contributed by atoms with van der Waals surface area (Å²) in [4.78, 5) is 11.5. The lowest BCUT2D eigenvalue weighted by molar-refractivity contribution is -0.0509. The first-order valence-corrected chi connectivity index (χ1v) is 7.21. The van der Waals surface area contributed by atoms with Gasteiger partial charge in [-0.3, -0.25) is 0 Å². The summed E-state index contributed by atoms with van der Waals surface area (Å²) >= 11 is 0. The maximum atomic E-state index is 11.5. The van der Waals surface area contributed by atoms with Crippen molar-refractivity contribution in [3.63, 3.8) is 0 Å². The molecule has 4 bridgehead atoms. The zero-order valence-corrected chi connectivity index (χ0v) is 10.9. The Labute approximate surface area is 108 Å². The smallest absolute Gasteiger partial charge is 0.407 e. The number of carbonyl (C=O) groups excluding carboxylic acids is 1. The molecule has 0 unspecified atom stereocenters. The van der Waals surface area contributed by atoms with Gasteiger partial charge in [-0.15, -0.1) is 0 Å². The zero-order valence-electron chi connectivity index (χ0n) is 10.9. The summed E-state index contributed by atoms with van der Waals surface area (Å²) in [7, 11) is 0. The third kappa shape index (κ3) is 2.35. The molecule has 1 amide bonds. The molecule has 0 aliphatic heterocycles. The van der Waals surface area contributed by atoms with Crippen molar-refractivity contribution in [2.75, 3.05) is 19.8 Å². The Kier molecular flexibility index (Phi) is 3.22. The quantitative estimate of drug-likeness (QED) is 0.804. The van der Waals surface area contributed by atoms with Crippen molar-refractivity contribution in [2.24, 2.45) is 23.2 Å². The Morgan fingerprint density at radius 1 is 1.17 bits per heavy atom. The lowest BCUT2D eigenvalue weighted by Crippen LogP contribution is -2.51. The van der Waals surface area contributed by atoms with E-state index in [0.29, 0.717) is 5.41 Å². The molecule has 4 aliphatic rings. The number of carbonyl (C=O) groups is 1. The van der Waals surface area contributed by atoms with Gasteiger partial charge in [0.2, 0.25) is 0 Å². The second-order valence-corrected chi connectivity index (χ2v) is 6.63. The third-order valence-electron chi connectivity index (χ3n) is 5.10. The van der Waals surface area contributed by atoms with Crippen LogP contribution in [0.15, 0.2) is 0 Å². The second-order valence-electron chi connectivity index (χ2n) is 6.63. The maximum Gasteiger partial charge on any atom is 0.407 e. The number of ether oxygens (including phenoxy) is 1. The molecule has 0 spiro atoms. The van der Waals surface area contributed by atoms with Crippen LogP contribution in [-0.2, 0) is 4.74 Å². The van der Waals surface area contributed by atoms with Gasteiger partial charge >= 0.3 is 6.09 Å². The minimum absolute atomic E-state index is 0.0900. The lowest BCUT2D eigenvalue weighted by Gasteiger charge is -2.56. The van der Waals surface area contributed by atoms with Crippen molar-refractivity contribution in [2.45, 2.75) is 38.5 Å². The van der Waals surface area contributed by atoms with Gasteiger partial charge in [0.05, 0.1) is 6.61 Å². The zero-order chi connectivity index (χ0) is 12.6. The van der Waals surface area contributed by atoms with E-state index >= 15 is 0 Å². The average Bonchev–Trinajstić information content (AvgIpc) is 2.32. The molecule has 18 heavy (non-hydrogen) atoms. The van der Waals surface area contributed by atoms with E-state index in [1.54, 1.807) is 0 Å². The van der Waals surface area contributed by atoms with Crippen molar-refractivity contribution in [1.29, 1.82) is 0 Å². The lowest BCUT2D eigenvalue weighted by atomic mass is 9.49. The van der Waals surface area contributed by atoms with Gasteiger partial charge in [-0.1, -0.05) is 0 Å². The van der Waals surface area contributed by atoms with Crippen LogP contribution in [0.2, 0.25) is 0 Å². The summed E-state index contributed by atoms with van der Waals surface area (Å²) in [5.74, 6) is 2.73. The number of hydrogen-bond donors (Lipinski definition) is 2. The van der Waals surface area contributed by atoms with Gasteiger partial charge in [0, 0.05) is 6.54 Å². The number of alkyl carbamates (subject to hydrolysis) is 1. The molecule has 4 heteroatoms. The van der Waals surface area contributed by atoms with E-state index in [0.717, 1.165) is 24.3 Å². The Balaban J connectivity index is 1.54. The summed E-state index contributed by atoms with van der Waals surface area (Å²) in [6.45, 7) is 0.748. The molecule has 2 N–H and O–H groups in total. The highest BCUT2D eigenvalue weighted by molar-refractivity contribution is 5.67. The van der Waals surface area contributed by atoms with E-state index < -0.39 is 0 Å². The molecule has 0 saturated heterocycles. The average molecular weight is 253 g/mol. The van der Waals surface area contributed by atoms with Crippen LogP contribution in [-0.4, -0.2) is 31.0 Å². The van der Waals surface area contributed by atoms with Crippen LogP contribution in [0, 0.1) is 23.2 Å². The van der Waals surface area contributed by atoms with Crippen LogP contribution < -0.4 is 5.32 Å². The van der Waals surface area contributed by atoms with Crippen LogP contribution in [0.4, 0.5) is 4.79 Å². The van der Waals surface area contributed by atoms with Gasteiger partial charge in [0.15, 0.2) is 0 Å². The highest BCUT2D eigenvalue weighted by atomic mass is 16.6. The summed E-state index contributed by atoms with van der Waals surface area (Å²) in [6.07, 6.45) is 7.77. The molecule has 4 aliphatic carbocycles. The molecule has 0 aromatic rings. The molecule has 4 nitrogen and oxygen atoms in total. The normalized spacial score (nSPS) is 40.8. The highest BCUT2D eigenvalue weighted by Gasteiger charge is 2.50. The Morgan fingerprint density at radius 3 is 2.22 bits per heavy atom. The number of hydrogen-bond acceptors (Lipinski definition) is 3. The summed E-state index contributed by atoms with van der Waals surface area (Å²) in [5.41, 5.74) is 0.354. The minimum atomic E-state index is -0.375. The maximum absolute atomic E-state index is 11.5. The second kappa shape index (κ2) is 4.72. The van der Waals surface area contributed by atoms with Crippen LogP contribution in [0.3, 0.4) is 0 Å². The number of rotatable bonds is 4. The number of amides is 1. The molecular weight excluding hydrogens is 230 g/mol. The molecule has 102 valence electrons. The predicted octanol–water partition coefficient (Wildman–Crippen LogP) is 1.92. The Bertz CT molecular complexity index is 294. The first-order valence-electron chi connectivity index (χ1n) is 7.21. The number of nitrogens with one attached hydrogen (secondary N) is 1. The largest absolute Gasteiger partial charge is 0.447 e. The number of aliphatic hydroxyl groups is 1. The van der Waals surface area contributed by atoms with Crippen LogP contribution >= 0.6 is 0 Å². The monoisotopic (exact) mass is 253 g/mol. The minimum Gasteiger partial charge on any atom is -0.447 e. The molecule has 0 aromatic heterocycles. The summed E-state index contributed by atoms with van der Waals surface area (Å²) in [5, 5.41) is 11.5. The van der Waals surface area contributed by atoms with Gasteiger partial charge in [-0.25, -0.2) is 4.79 Å². The molecule has 0 heterocycles. The van der Waals surface area contributed by atoms with Crippen molar-refractivity contribution >= 4 is 6.09 Å². The van der Waals surface area contributed by atoms with Crippen molar-refractivity contribution < 1.29 is 14.6 Å². The van der Waals surface area contributed by atoms with Gasteiger partial charge in [0.25, 0.3) is 0 Å². The molecule has 0 radical (unpaired) electrons. The first-order chi connectivity index (χ1) is 8.69. The van der Waals surface area contributed by atoms with Gasteiger partial charge in [-0.2, -0.15) is 0 Å². The van der Waals surface area contributed by atoms with E-state index in [9.17, 15) is 4.79 Å². The Morgan fingerprint density at radius 2 is 1.72 bits per heavy atom. The van der Waals surface area contributed by atoms with E-state index in [-0.39, 0.29) is 19.3 Å². The van der Waals surface area contributed by atoms with Crippen LogP contribution in [0.25, 0.3) is 0 Å². The van der Waals surface area contributed by atoms with E-state index in [4.69, 9.17) is 9.84 Å². The van der Waals surface area contributed by atoms with Crippen LogP contribution in [0.1, 0.15) is 38.5 Å². The van der Waals surface area contributed by atoms with Crippen molar-refractivity contribution in [3.8, 4) is 0 Å². The summed E-state index contributed by atoms with van der Waals surface area (Å²) < 4.78 is 4.85. The fourth-order valence-electron chi connectivity index (χ4n) is 4.96. The highest BCUT2D eigenvalue weighted by Crippen LogP contribution is 2.59. The van der Waals surface area contributed by atoms with Gasteiger partial charge in [0.1, 0.15) is 6.61 Å². The number of aliphatic hydroxyl groups excluding tert-OH is 1. The molecule has 4 saturated carbocycles. The Hall–Kier alpha value is -0.770. The first kappa shape index (κ1) is 12.3. The topological polar surface area (TPSA) is 58.6 Å². The van der Waals surface area contributed by atoms with Crippen LogP contribution in [0.5, 0.6) is 0 Å². The van der Waals surface area contributed by atoms with E-state index in [1.807, 2.05) is 0 Å². The summed E-state index contributed by atoms with van der Waals surface area (Å²) in [6, 6.07) is 0. The SMILES string of the molecule is O=C(NCC12CC3CC(CC(C3)C1)C2)OCCO. The van der Waals surface area contributed by atoms with Gasteiger partial charge in [-0.05, 0) is 61.7 Å². The molecule has 4 rings (SSSR count). The fourth-order valence-corrected chi connectivity index (χ4v) is 4.96. The van der Waals surface area contributed by atoms with Crippen molar-refractivity contribution in [3.05, 3.63) is 0 Å². The molecule has 4 fully saturated rings. The van der Waals surface area contributed by atoms with Gasteiger partial charge < -0.3 is 15.2 Å². The van der Waals surface area contributed by atoms with Crippen molar-refractivity contribution in [1.82, 2.24) is 5.32 Å².